The lowest BCUT2D eigenvalue weighted by Crippen LogP contribution is -2.17. The smallest absolute Gasteiger partial charge is 0.282 e. The standard InChI is InChI=1S/C22H22N2O4S/c1-14-5-7-15(8-6-14)17-9-10-29-21(17)22(25)24-23-13-18-19(27-3)11-16(26-2)12-20(18)28-4/h5-13H,1-4H3,(H,24,25)/b23-13-. The van der Waals surface area contributed by atoms with E-state index >= 15 is 0 Å². The fourth-order valence-corrected chi connectivity index (χ4v) is 3.62. The monoisotopic (exact) mass is 410 g/mol. The number of rotatable bonds is 7. The fraction of sp³-hybridized carbons (Fsp3) is 0.182. The molecular weight excluding hydrogens is 388 g/mol. The highest BCUT2D eigenvalue weighted by Crippen LogP contribution is 2.33. The van der Waals surface area contributed by atoms with Crippen molar-refractivity contribution in [2.45, 2.75) is 6.92 Å². The molecule has 1 N–H and O–H groups in total. The minimum absolute atomic E-state index is 0.279. The number of benzene rings is 2. The van der Waals surface area contributed by atoms with Crippen molar-refractivity contribution in [3.8, 4) is 28.4 Å². The average molecular weight is 410 g/mol. The zero-order valence-electron chi connectivity index (χ0n) is 16.7. The molecule has 0 aliphatic rings. The lowest BCUT2D eigenvalue weighted by atomic mass is 10.1. The van der Waals surface area contributed by atoms with E-state index in [2.05, 4.69) is 10.5 Å². The lowest BCUT2D eigenvalue weighted by Gasteiger charge is -2.12. The summed E-state index contributed by atoms with van der Waals surface area (Å²) in [5, 5.41) is 5.99. The third-order valence-corrected chi connectivity index (χ3v) is 5.26. The maximum absolute atomic E-state index is 12.7. The van der Waals surface area contributed by atoms with E-state index in [0.717, 1.165) is 11.1 Å². The molecule has 0 unspecified atom stereocenters. The Balaban J connectivity index is 1.81. The van der Waals surface area contributed by atoms with Gasteiger partial charge in [0.25, 0.3) is 5.91 Å². The van der Waals surface area contributed by atoms with Crippen LogP contribution in [0.15, 0.2) is 52.9 Å². The number of carbonyl (C=O) groups is 1. The Kier molecular flexibility index (Phi) is 6.51. The van der Waals surface area contributed by atoms with Crippen LogP contribution in [0.1, 0.15) is 20.8 Å². The van der Waals surface area contributed by atoms with E-state index in [-0.39, 0.29) is 5.91 Å². The number of carbonyl (C=O) groups excluding carboxylic acids is 1. The number of hydrogen-bond donors (Lipinski definition) is 1. The molecule has 0 saturated carbocycles. The number of thiophene rings is 1. The summed E-state index contributed by atoms with van der Waals surface area (Å²) in [6, 6.07) is 13.4. The highest BCUT2D eigenvalue weighted by atomic mass is 32.1. The first-order valence-corrected chi connectivity index (χ1v) is 9.73. The molecule has 0 atom stereocenters. The molecule has 0 fully saturated rings. The van der Waals surface area contributed by atoms with Crippen LogP contribution in [0.3, 0.4) is 0 Å². The molecule has 6 nitrogen and oxygen atoms in total. The Morgan fingerprint density at radius 2 is 1.66 bits per heavy atom. The first-order valence-electron chi connectivity index (χ1n) is 8.85. The lowest BCUT2D eigenvalue weighted by molar-refractivity contribution is 0.0959. The number of nitrogens with zero attached hydrogens (tertiary/aromatic N) is 1. The van der Waals surface area contributed by atoms with Crippen LogP contribution in [0.4, 0.5) is 0 Å². The van der Waals surface area contributed by atoms with Crippen molar-refractivity contribution < 1.29 is 19.0 Å². The third-order valence-electron chi connectivity index (χ3n) is 4.35. The van der Waals surface area contributed by atoms with Crippen LogP contribution in [-0.4, -0.2) is 33.5 Å². The van der Waals surface area contributed by atoms with E-state index in [1.54, 1.807) is 33.5 Å². The molecule has 0 saturated heterocycles. The summed E-state index contributed by atoms with van der Waals surface area (Å²) in [5.41, 5.74) is 6.22. The van der Waals surface area contributed by atoms with Gasteiger partial charge in [-0.1, -0.05) is 29.8 Å². The van der Waals surface area contributed by atoms with Gasteiger partial charge in [0.1, 0.15) is 22.1 Å². The van der Waals surface area contributed by atoms with Gasteiger partial charge in [0, 0.05) is 17.7 Å². The van der Waals surface area contributed by atoms with Crippen LogP contribution in [0.25, 0.3) is 11.1 Å². The van der Waals surface area contributed by atoms with Crippen LogP contribution in [0.5, 0.6) is 17.2 Å². The Bertz CT molecular complexity index is 1000. The predicted octanol–water partition coefficient (Wildman–Crippen LogP) is 4.51. The van der Waals surface area contributed by atoms with Gasteiger partial charge in [0.2, 0.25) is 0 Å². The quantitative estimate of drug-likeness (QED) is 0.460. The second kappa shape index (κ2) is 9.25. The fourth-order valence-electron chi connectivity index (χ4n) is 2.81. The zero-order chi connectivity index (χ0) is 20.8. The Labute approximate surface area is 173 Å². The Morgan fingerprint density at radius 1 is 1.00 bits per heavy atom. The number of hydrazone groups is 1. The van der Waals surface area contributed by atoms with E-state index < -0.39 is 0 Å². The molecule has 0 aliphatic carbocycles. The average Bonchev–Trinajstić information content (AvgIpc) is 3.24. The number of ether oxygens (including phenoxy) is 3. The molecule has 0 aliphatic heterocycles. The predicted molar refractivity (Wildman–Crippen MR) is 116 cm³/mol. The molecule has 3 rings (SSSR count). The highest BCUT2D eigenvalue weighted by molar-refractivity contribution is 7.12. The summed E-state index contributed by atoms with van der Waals surface area (Å²) in [4.78, 5) is 13.3. The van der Waals surface area contributed by atoms with Crippen molar-refractivity contribution in [2.24, 2.45) is 5.10 Å². The van der Waals surface area contributed by atoms with Crippen LogP contribution < -0.4 is 19.6 Å². The first-order chi connectivity index (χ1) is 14.1. The minimum atomic E-state index is -0.279. The number of methoxy groups -OCH3 is 3. The molecule has 0 radical (unpaired) electrons. The normalized spacial score (nSPS) is 10.8. The van der Waals surface area contributed by atoms with Gasteiger partial charge in [-0.25, -0.2) is 5.43 Å². The van der Waals surface area contributed by atoms with E-state index in [4.69, 9.17) is 14.2 Å². The summed E-state index contributed by atoms with van der Waals surface area (Å²) in [6.45, 7) is 2.03. The first kappa shape index (κ1) is 20.4. The second-order valence-corrected chi connectivity index (χ2v) is 7.09. The SMILES string of the molecule is COc1cc(OC)c(/C=N\NC(=O)c2sccc2-c2ccc(C)cc2)c(OC)c1. The van der Waals surface area contributed by atoms with Crippen LogP contribution in [0.2, 0.25) is 0 Å². The minimum Gasteiger partial charge on any atom is -0.496 e. The van der Waals surface area contributed by atoms with E-state index in [1.807, 2.05) is 42.6 Å². The van der Waals surface area contributed by atoms with Gasteiger partial charge in [0.15, 0.2) is 0 Å². The number of amides is 1. The summed E-state index contributed by atoms with van der Waals surface area (Å²) in [5.74, 6) is 1.37. The van der Waals surface area contributed by atoms with Gasteiger partial charge in [-0.2, -0.15) is 5.10 Å². The van der Waals surface area contributed by atoms with Crippen molar-refractivity contribution in [3.63, 3.8) is 0 Å². The molecule has 3 aromatic rings. The summed E-state index contributed by atoms with van der Waals surface area (Å²) in [7, 11) is 4.65. The molecule has 1 aromatic heterocycles. The Hall–Kier alpha value is -3.32. The van der Waals surface area contributed by atoms with E-state index in [1.165, 1.54) is 23.1 Å². The molecule has 1 heterocycles. The van der Waals surface area contributed by atoms with Gasteiger partial charge in [-0.15, -0.1) is 11.3 Å². The maximum atomic E-state index is 12.7. The van der Waals surface area contributed by atoms with Gasteiger partial charge in [-0.3, -0.25) is 4.79 Å². The zero-order valence-corrected chi connectivity index (χ0v) is 17.5. The number of nitrogens with one attached hydrogen (secondary N) is 1. The van der Waals surface area contributed by atoms with E-state index in [0.29, 0.717) is 27.7 Å². The van der Waals surface area contributed by atoms with Crippen LogP contribution >= 0.6 is 11.3 Å². The van der Waals surface area contributed by atoms with Gasteiger partial charge >= 0.3 is 0 Å². The second-order valence-electron chi connectivity index (χ2n) is 6.17. The molecule has 7 heteroatoms. The molecule has 0 bridgehead atoms. The van der Waals surface area contributed by atoms with Crippen LogP contribution in [-0.2, 0) is 0 Å². The largest absolute Gasteiger partial charge is 0.496 e. The van der Waals surface area contributed by atoms with Crippen molar-refractivity contribution in [1.29, 1.82) is 0 Å². The molecule has 0 spiro atoms. The summed E-state index contributed by atoms with van der Waals surface area (Å²) < 4.78 is 16.0. The van der Waals surface area contributed by atoms with Crippen molar-refractivity contribution in [2.75, 3.05) is 21.3 Å². The number of aryl methyl sites for hydroxylation is 1. The molecule has 1 amide bonds. The number of hydrogen-bond acceptors (Lipinski definition) is 6. The maximum Gasteiger partial charge on any atom is 0.282 e. The molecular formula is C22H22N2O4S. The van der Waals surface area contributed by atoms with Crippen molar-refractivity contribution in [1.82, 2.24) is 5.43 Å². The van der Waals surface area contributed by atoms with Crippen LogP contribution in [0, 0.1) is 6.92 Å². The van der Waals surface area contributed by atoms with E-state index in [9.17, 15) is 4.79 Å². The van der Waals surface area contributed by atoms with Crippen molar-refractivity contribution in [3.05, 3.63) is 63.8 Å². The highest BCUT2D eigenvalue weighted by Gasteiger charge is 2.15. The van der Waals surface area contributed by atoms with Gasteiger partial charge < -0.3 is 14.2 Å². The molecule has 29 heavy (non-hydrogen) atoms. The summed E-state index contributed by atoms with van der Waals surface area (Å²) >= 11 is 1.37. The molecule has 2 aromatic carbocycles. The van der Waals surface area contributed by atoms with Gasteiger partial charge in [0.05, 0.1) is 33.1 Å². The third kappa shape index (κ3) is 4.57. The van der Waals surface area contributed by atoms with Gasteiger partial charge in [-0.05, 0) is 23.9 Å². The Morgan fingerprint density at radius 3 is 2.24 bits per heavy atom. The van der Waals surface area contributed by atoms with Crippen molar-refractivity contribution >= 4 is 23.5 Å². The molecule has 150 valence electrons. The topological polar surface area (TPSA) is 69.2 Å². The summed E-state index contributed by atoms with van der Waals surface area (Å²) in [6.07, 6.45) is 1.49.